The Bertz CT molecular complexity index is 1200. The second kappa shape index (κ2) is 8.22. The van der Waals surface area contributed by atoms with Gasteiger partial charge in [-0.1, -0.05) is 30.3 Å². The lowest BCUT2D eigenvalue weighted by Gasteiger charge is -2.13. The summed E-state index contributed by atoms with van der Waals surface area (Å²) in [4.78, 5) is 38.3. The molecule has 3 aromatic rings. The smallest absolute Gasteiger partial charge is 0.351 e. The van der Waals surface area contributed by atoms with Gasteiger partial charge in [0.15, 0.2) is 0 Å². The number of carbonyl (C=O) groups excluding carboxylic acids is 1. The predicted octanol–water partition coefficient (Wildman–Crippen LogP) is 1.95. The summed E-state index contributed by atoms with van der Waals surface area (Å²) in [6, 6.07) is 11.5. The number of rotatable bonds is 5. The maximum absolute atomic E-state index is 14.1. The summed E-state index contributed by atoms with van der Waals surface area (Å²) in [6.07, 6.45) is 0. The lowest BCUT2D eigenvalue weighted by atomic mass is 10.1. The lowest BCUT2D eigenvalue weighted by molar-refractivity contribution is 0.0946. The zero-order valence-electron chi connectivity index (χ0n) is 16.4. The van der Waals surface area contributed by atoms with Crippen molar-refractivity contribution in [1.82, 2.24) is 19.7 Å². The molecular weight excluding hydrogens is 375 g/mol. The highest BCUT2D eigenvalue weighted by molar-refractivity contribution is 5.91. The molecule has 7 nitrogen and oxygen atoms in total. The summed E-state index contributed by atoms with van der Waals surface area (Å²) in [6.45, 7) is 5.41. The molecule has 1 N–H and O–H groups in total. The number of hydrogen-bond donors (Lipinski definition) is 1. The Kier molecular flexibility index (Phi) is 5.72. The number of nitrogens with zero attached hydrogens (tertiary/aromatic N) is 3. The van der Waals surface area contributed by atoms with Gasteiger partial charge in [-0.2, -0.15) is 9.78 Å². The highest BCUT2D eigenvalue weighted by Gasteiger charge is 2.20. The molecule has 0 radical (unpaired) electrons. The van der Waals surface area contributed by atoms with Crippen molar-refractivity contribution in [3.05, 3.63) is 91.5 Å². The van der Waals surface area contributed by atoms with Gasteiger partial charge in [0, 0.05) is 12.6 Å². The zero-order valence-corrected chi connectivity index (χ0v) is 16.4. The molecule has 0 unspecified atom stereocenters. The Hall–Kier alpha value is -3.55. The van der Waals surface area contributed by atoms with E-state index in [0.29, 0.717) is 5.56 Å². The molecule has 8 heteroatoms. The number of benzene rings is 2. The fourth-order valence-corrected chi connectivity index (χ4v) is 2.88. The van der Waals surface area contributed by atoms with Gasteiger partial charge >= 0.3 is 5.69 Å². The first-order valence-electron chi connectivity index (χ1n) is 9.17. The van der Waals surface area contributed by atoms with E-state index in [2.05, 4.69) is 10.4 Å². The van der Waals surface area contributed by atoms with E-state index in [1.165, 1.54) is 12.1 Å². The Morgan fingerprint density at radius 1 is 1.10 bits per heavy atom. The third-order valence-electron chi connectivity index (χ3n) is 4.60. The van der Waals surface area contributed by atoms with Crippen LogP contribution in [0.1, 0.15) is 34.1 Å². The van der Waals surface area contributed by atoms with E-state index in [9.17, 15) is 18.8 Å². The average Bonchev–Trinajstić information content (AvgIpc) is 2.69. The van der Waals surface area contributed by atoms with Gasteiger partial charge in [0.1, 0.15) is 5.82 Å². The zero-order chi connectivity index (χ0) is 21.1. The summed E-state index contributed by atoms with van der Waals surface area (Å²) < 4.78 is 15.9. The normalized spacial score (nSPS) is 10.8. The molecule has 0 aliphatic rings. The van der Waals surface area contributed by atoms with Gasteiger partial charge in [-0.25, -0.2) is 9.18 Å². The first-order chi connectivity index (χ1) is 13.8. The van der Waals surface area contributed by atoms with E-state index in [-0.39, 0.29) is 18.8 Å². The second-order valence-corrected chi connectivity index (χ2v) is 6.65. The van der Waals surface area contributed by atoms with Crippen LogP contribution in [0, 0.1) is 19.7 Å². The van der Waals surface area contributed by atoms with Crippen molar-refractivity contribution in [2.45, 2.75) is 27.3 Å². The quantitative estimate of drug-likeness (QED) is 0.714. The van der Waals surface area contributed by atoms with Crippen molar-refractivity contribution >= 4 is 5.91 Å². The van der Waals surface area contributed by atoms with Crippen LogP contribution in [0.4, 0.5) is 4.39 Å². The molecule has 0 saturated carbocycles. The number of aromatic nitrogens is 3. The molecule has 0 aliphatic heterocycles. The van der Waals surface area contributed by atoms with E-state index >= 15 is 0 Å². The average molecular weight is 396 g/mol. The molecule has 1 amide bonds. The number of halogens is 1. The number of aryl methyl sites for hydroxylation is 2. The molecule has 150 valence electrons. The number of amides is 1. The van der Waals surface area contributed by atoms with Gasteiger partial charge in [-0.3, -0.25) is 14.2 Å². The number of nitrogens with one attached hydrogen (secondary N) is 1. The monoisotopic (exact) mass is 396 g/mol. The molecule has 0 saturated heterocycles. The van der Waals surface area contributed by atoms with Crippen LogP contribution < -0.4 is 16.6 Å². The van der Waals surface area contributed by atoms with Crippen molar-refractivity contribution in [2.24, 2.45) is 0 Å². The van der Waals surface area contributed by atoms with Crippen molar-refractivity contribution in [3.8, 4) is 5.69 Å². The van der Waals surface area contributed by atoms with Crippen LogP contribution in [0.3, 0.4) is 0 Å². The van der Waals surface area contributed by atoms with Gasteiger partial charge in [-0.15, -0.1) is 0 Å². The van der Waals surface area contributed by atoms with Crippen LogP contribution in [-0.2, 0) is 6.54 Å². The van der Waals surface area contributed by atoms with E-state index in [4.69, 9.17) is 0 Å². The molecule has 3 rings (SSSR count). The molecule has 0 bridgehead atoms. The first-order valence-corrected chi connectivity index (χ1v) is 9.17. The fraction of sp³-hybridized carbons (Fsp3) is 0.238. The summed E-state index contributed by atoms with van der Waals surface area (Å²) in [7, 11) is 0. The molecule has 0 aliphatic carbocycles. The van der Waals surface area contributed by atoms with Gasteiger partial charge in [0.2, 0.25) is 5.69 Å². The Morgan fingerprint density at radius 3 is 2.48 bits per heavy atom. The van der Waals surface area contributed by atoms with Crippen LogP contribution in [-0.4, -0.2) is 26.8 Å². The van der Waals surface area contributed by atoms with Gasteiger partial charge in [0.25, 0.3) is 11.5 Å². The first kappa shape index (κ1) is 20.2. The van der Waals surface area contributed by atoms with Crippen LogP contribution in [0.15, 0.2) is 52.1 Å². The standard InChI is InChI=1S/C21H21FN4O3/c1-4-23-19(27)18-20(28)25(12-15-8-6-5-7-13(15)2)21(29)26(24-18)16-10-9-14(3)17(22)11-16/h5-11H,4,12H2,1-3H3,(H,23,27). The SMILES string of the molecule is CCNC(=O)c1nn(-c2ccc(C)c(F)c2)c(=O)n(Cc2ccccc2C)c1=O. The van der Waals surface area contributed by atoms with Crippen molar-refractivity contribution in [1.29, 1.82) is 0 Å². The van der Waals surface area contributed by atoms with Crippen LogP contribution in [0.25, 0.3) is 5.69 Å². The molecular formula is C21H21FN4O3. The molecule has 29 heavy (non-hydrogen) atoms. The topological polar surface area (TPSA) is 86.0 Å². The van der Waals surface area contributed by atoms with Crippen LogP contribution in [0.2, 0.25) is 0 Å². The Labute approximate surface area is 166 Å². The summed E-state index contributed by atoms with van der Waals surface area (Å²) in [5, 5.41) is 6.47. The van der Waals surface area contributed by atoms with E-state index in [0.717, 1.165) is 26.4 Å². The Morgan fingerprint density at radius 2 is 1.83 bits per heavy atom. The van der Waals surface area contributed by atoms with E-state index < -0.39 is 28.7 Å². The third-order valence-corrected chi connectivity index (χ3v) is 4.60. The van der Waals surface area contributed by atoms with Gasteiger partial charge in [0.05, 0.1) is 12.2 Å². The lowest BCUT2D eigenvalue weighted by Crippen LogP contribution is -2.46. The van der Waals surface area contributed by atoms with E-state index in [1.807, 2.05) is 19.1 Å². The van der Waals surface area contributed by atoms with Crippen molar-refractivity contribution < 1.29 is 9.18 Å². The summed E-state index contributed by atoms with van der Waals surface area (Å²) in [5.41, 5.74) is 0.189. The minimum atomic E-state index is -0.798. The highest BCUT2D eigenvalue weighted by atomic mass is 19.1. The molecule has 0 fully saturated rings. The minimum Gasteiger partial charge on any atom is -0.351 e. The minimum absolute atomic E-state index is 0.0341. The van der Waals surface area contributed by atoms with Crippen molar-refractivity contribution in [2.75, 3.05) is 6.54 Å². The molecule has 0 atom stereocenters. The molecule has 2 aromatic carbocycles. The largest absolute Gasteiger partial charge is 0.352 e. The highest BCUT2D eigenvalue weighted by Crippen LogP contribution is 2.12. The van der Waals surface area contributed by atoms with E-state index in [1.54, 1.807) is 26.0 Å². The van der Waals surface area contributed by atoms with Crippen LogP contribution in [0.5, 0.6) is 0 Å². The maximum Gasteiger partial charge on any atom is 0.352 e. The van der Waals surface area contributed by atoms with Gasteiger partial charge < -0.3 is 5.32 Å². The fourth-order valence-electron chi connectivity index (χ4n) is 2.88. The summed E-state index contributed by atoms with van der Waals surface area (Å²) in [5.74, 6) is -1.22. The van der Waals surface area contributed by atoms with Crippen molar-refractivity contribution in [3.63, 3.8) is 0 Å². The second-order valence-electron chi connectivity index (χ2n) is 6.65. The van der Waals surface area contributed by atoms with Crippen LogP contribution >= 0.6 is 0 Å². The molecule has 1 aromatic heterocycles. The number of carbonyl (C=O) groups is 1. The summed E-state index contributed by atoms with van der Waals surface area (Å²) >= 11 is 0. The Balaban J connectivity index is 2.26. The number of hydrogen-bond acceptors (Lipinski definition) is 4. The van der Waals surface area contributed by atoms with Gasteiger partial charge in [-0.05, 0) is 43.5 Å². The molecule has 1 heterocycles. The third kappa shape index (κ3) is 4.01. The molecule has 0 spiro atoms. The predicted molar refractivity (Wildman–Crippen MR) is 107 cm³/mol. The maximum atomic E-state index is 14.1.